The lowest BCUT2D eigenvalue weighted by Gasteiger charge is -2.28. The highest BCUT2D eigenvalue weighted by Crippen LogP contribution is 2.31. The largest absolute Gasteiger partial charge is 0.508 e. The zero-order chi connectivity index (χ0) is 15.5. The van der Waals surface area contributed by atoms with Crippen LogP contribution >= 0.6 is 23.2 Å². The first kappa shape index (κ1) is 17.1. The molecule has 2 atom stereocenters. The summed E-state index contributed by atoms with van der Waals surface area (Å²) in [7, 11) is 0. The maximum Gasteiger partial charge on any atom is 0.116 e. The standard InChI is InChI=1S/C8H9ClO.C8H11ClO/c1-5-3-7(10)4-6(2)8(5)9;1-6-7(9)4-3-5-8(6,2)10/h3-4,10H,1-2H3;3-6,10H,1-2H3. The molecule has 1 aliphatic rings. The Morgan fingerprint density at radius 2 is 1.65 bits per heavy atom. The fourth-order valence-electron chi connectivity index (χ4n) is 1.83. The van der Waals surface area contributed by atoms with Gasteiger partial charge in [0.15, 0.2) is 0 Å². The number of hydrogen-bond donors (Lipinski definition) is 2. The minimum Gasteiger partial charge on any atom is -0.508 e. The Morgan fingerprint density at radius 3 is 2.05 bits per heavy atom. The fourth-order valence-corrected chi connectivity index (χ4v) is 2.23. The van der Waals surface area contributed by atoms with E-state index in [-0.39, 0.29) is 11.7 Å². The second-order valence-corrected chi connectivity index (χ2v) is 6.07. The number of benzene rings is 1. The van der Waals surface area contributed by atoms with Crippen LogP contribution in [0.25, 0.3) is 0 Å². The summed E-state index contributed by atoms with van der Waals surface area (Å²) in [4.78, 5) is 0. The number of aliphatic hydroxyl groups is 1. The van der Waals surface area contributed by atoms with Crippen molar-refractivity contribution in [2.24, 2.45) is 5.92 Å². The van der Waals surface area contributed by atoms with Crippen LogP contribution in [0.2, 0.25) is 5.02 Å². The van der Waals surface area contributed by atoms with Crippen LogP contribution in [0.5, 0.6) is 5.75 Å². The van der Waals surface area contributed by atoms with Gasteiger partial charge in [0.1, 0.15) is 5.75 Å². The van der Waals surface area contributed by atoms with Gasteiger partial charge >= 0.3 is 0 Å². The summed E-state index contributed by atoms with van der Waals surface area (Å²) in [6.45, 7) is 7.40. The maximum atomic E-state index is 9.60. The van der Waals surface area contributed by atoms with Gasteiger partial charge in [0, 0.05) is 16.0 Å². The summed E-state index contributed by atoms with van der Waals surface area (Å²) in [6, 6.07) is 3.30. The molecule has 0 aromatic heterocycles. The van der Waals surface area contributed by atoms with Crippen molar-refractivity contribution in [3.8, 4) is 5.75 Å². The summed E-state index contributed by atoms with van der Waals surface area (Å²) in [6.07, 6.45) is 5.34. The van der Waals surface area contributed by atoms with E-state index in [9.17, 15) is 5.11 Å². The predicted octanol–water partition coefficient (Wildman–Crippen LogP) is 4.73. The first-order valence-electron chi connectivity index (χ1n) is 6.38. The van der Waals surface area contributed by atoms with Gasteiger partial charge < -0.3 is 10.2 Å². The molecular weight excluding hydrogens is 295 g/mol. The number of phenols is 1. The van der Waals surface area contributed by atoms with Crippen molar-refractivity contribution in [1.29, 1.82) is 0 Å². The molecular formula is C16H20Cl2O2. The Labute approximate surface area is 130 Å². The molecule has 1 aliphatic carbocycles. The van der Waals surface area contributed by atoms with E-state index in [1.807, 2.05) is 26.8 Å². The van der Waals surface area contributed by atoms with Crippen LogP contribution in [-0.2, 0) is 0 Å². The second kappa shape index (κ2) is 6.66. The summed E-state index contributed by atoms with van der Waals surface area (Å²) in [5.41, 5.74) is 1.06. The molecule has 4 heteroatoms. The third-order valence-electron chi connectivity index (χ3n) is 3.40. The lowest BCUT2D eigenvalue weighted by molar-refractivity contribution is 0.0711. The van der Waals surface area contributed by atoms with Gasteiger partial charge in [-0.05, 0) is 50.1 Å². The van der Waals surface area contributed by atoms with Crippen LogP contribution in [0.3, 0.4) is 0 Å². The fraction of sp³-hybridized carbons (Fsp3) is 0.375. The molecule has 0 bridgehead atoms. The zero-order valence-electron chi connectivity index (χ0n) is 12.1. The molecule has 1 aromatic carbocycles. The lowest BCUT2D eigenvalue weighted by atomic mass is 9.87. The molecule has 2 rings (SSSR count). The van der Waals surface area contributed by atoms with Gasteiger partial charge in [-0.25, -0.2) is 0 Å². The third kappa shape index (κ3) is 4.27. The number of phenolic OH excluding ortho intramolecular Hbond substituents is 1. The van der Waals surface area contributed by atoms with Crippen LogP contribution in [0.1, 0.15) is 25.0 Å². The Balaban J connectivity index is 0.000000200. The number of aromatic hydroxyl groups is 1. The Hall–Kier alpha value is -0.960. The molecule has 0 saturated heterocycles. The SMILES string of the molecule is CC1C(Cl)=CC=CC1(C)O.Cc1cc(O)cc(C)c1Cl. The molecule has 0 radical (unpaired) electrons. The normalized spacial score (nSPS) is 24.8. The molecule has 0 fully saturated rings. The number of halogens is 2. The molecule has 2 nitrogen and oxygen atoms in total. The molecule has 2 N–H and O–H groups in total. The summed E-state index contributed by atoms with van der Waals surface area (Å²) >= 11 is 11.6. The predicted molar refractivity (Wildman–Crippen MR) is 85.5 cm³/mol. The van der Waals surface area contributed by atoms with Crippen molar-refractivity contribution in [1.82, 2.24) is 0 Å². The second-order valence-electron chi connectivity index (χ2n) is 5.25. The van der Waals surface area contributed by atoms with Gasteiger partial charge in [0.25, 0.3) is 0 Å². The van der Waals surface area contributed by atoms with Crippen LogP contribution in [0.4, 0.5) is 0 Å². The monoisotopic (exact) mass is 314 g/mol. The average Bonchev–Trinajstić information content (AvgIpc) is 2.33. The molecule has 2 unspecified atom stereocenters. The molecule has 0 saturated carbocycles. The van der Waals surface area contributed by atoms with E-state index in [2.05, 4.69) is 0 Å². The first-order valence-corrected chi connectivity index (χ1v) is 7.13. The smallest absolute Gasteiger partial charge is 0.116 e. The van der Waals surface area contributed by atoms with Crippen molar-refractivity contribution >= 4 is 23.2 Å². The van der Waals surface area contributed by atoms with Gasteiger partial charge in [-0.1, -0.05) is 42.3 Å². The van der Waals surface area contributed by atoms with Crippen LogP contribution in [0.15, 0.2) is 35.4 Å². The molecule has 0 heterocycles. The first-order chi connectivity index (χ1) is 9.15. The lowest BCUT2D eigenvalue weighted by Crippen LogP contribution is -2.31. The van der Waals surface area contributed by atoms with E-state index in [1.165, 1.54) is 0 Å². The van der Waals surface area contributed by atoms with Crippen molar-refractivity contribution in [2.75, 3.05) is 0 Å². The molecule has 1 aromatic rings. The van der Waals surface area contributed by atoms with Crippen LogP contribution in [0, 0.1) is 19.8 Å². The van der Waals surface area contributed by atoms with Crippen LogP contribution in [-0.4, -0.2) is 15.8 Å². The van der Waals surface area contributed by atoms with Crippen LogP contribution < -0.4 is 0 Å². The number of rotatable bonds is 0. The maximum absolute atomic E-state index is 9.60. The van der Waals surface area contributed by atoms with E-state index in [4.69, 9.17) is 28.3 Å². The quantitative estimate of drug-likeness (QED) is 0.727. The van der Waals surface area contributed by atoms with E-state index >= 15 is 0 Å². The highest BCUT2D eigenvalue weighted by atomic mass is 35.5. The molecule has 0 aliphatic heterocycles. The third-order valence-corrected chi connectivity index (χ3v) is 4.45. The van der Waals surface area contributed by atoms with Gasteiger partial charge in [-0.3, -0.25) is 0 Å². The summed E-state index contributed by atoms with van der Waals surface area (Å²) < 4.78 is 0. The molecule has 0 amide bonds. The van der Waals surface area contributed by atoms with E-state index in [1.54, 1.807) is 31.2 Å². The molecule has 20 heavy (non-hydrogen) atoms. The summed E-state index contributed by atoms with van der Waals surface area (Å²) in [5, 5.41) is 20.1. The minimum atomic E-state index is -0.772. The zero-order valence-corrected chi connectivity index (χ0v) is 13.6. The van der Waals surface area contributed by atoms with Crippen molar-refractivity contribution < 1.29 is 10.2 Å². The Kier molecular flexibility index (Phi) is 5.69. The number of allylic oxidation sites excluding steroid dienone is 2. The van der Waals surface area contributed by atoms with Gasteiger partial charge in [-0.2, -0.15) is 0 Å². The highest BCUT2D eigenvalue weighted by Gasteiger charge is 2.29. The highest BCUT2D eigenvalue weighted by molar-refractivity contribution is 6.32. The van der Waals surface area contributed by atoms with Crippen molar-refractivity contribution in [2.45, 2.75) is 33.3 Å². The number of hydrogen-bond acceptors (Lipinski definition) is 2. The Morgan fingerprint density at radius 1 is 1.15 bits per heavy atom. The molecule has 0 spiro atoms. The number of aryl methyl sites for hydroxylation is 2. The van der Waals surface area contributed by atoms with Crippen molar-refractivity contribution in [3.63, 3.8) is 0 Å². The van der Waals surface area contributed by atoms with E-state index in [0.29, 0.717) is 5.03 Å². The van der Waals surface area contributed by atoms with Crippen molar-refractivity contribution in [3.05, 3.63) is 51.5 Å². The van der Waals surface area contributed by atoms with Gasteiger partial charge in [0.2, 0.25) is 0 Å². The van der Waals surface area contributed by atoms with E-state index < -0.39 is 5.60 Å². The average molecular weight is 315 g/mol. The van der Waals surface area contributed by atoms with Gasteiger partial charge in [-0.15, -0.1) is 0 Å². The van der Waals surface area contributed by atoms with E-state index in [0.717, 1.165) is 16.1 Å². The van der Waals surface area contributed by atoms with Gasteiger partial charge in [0.05, 0.1) is 5.60 Å². The topological polar surface area (TPSA) is 40.5 Å². The minimum absolute atomic E-state index is 0.0131. The summed E-state index contributed by atoms with van der Waals surface area (Å²) in [5.74, 6) is 0.290. The molecule has 110 valence electrons. The Bertz CT molecular complexity index is 522.